The number of nitrogens with one attached hydrogen (secondary N) is 1. The van der Waals surface area contributed by atoms with Crippen LogP contribution in [0, 0.1) is 0 Å². The highest BCUT2D eigenvalue weighted by Crippen LogP contribution is 2.20. The minimum atomic E-state index is 0.0314. The smallest absolute Gasteiger partial charge is 0.190 e. The van der Waals surface area contributed by atoms with Gasteiger partial charge in [0, 0.05) is 27.1 Å². The van der Waals surface area contributed by atoms with Gasteiger partial charge in [0.25, 0.3) is 0 Å². The zero-order chi connectivity index (χ0) is 14.5. The first kappa shape index (κ1) is 14.5. The molecule has 102 valence electrons. The average Bonchev–Trinajstić information content (AvgIpc) is 2.51. The maximum absolute atomic E-state index is 12.1. The van der Waals surface area contributed by atoms with Crippen molar-refractivity contribution in [3.8, 4) is 11.3 Å². The van der Waals surface area contributed by atoms with Gasteiger partial charge in [-0.05, 0) is 23.8 Å². The Morgan fingerprint density at radius 2 is 1.65 bits per heavy atom. The Morgan fingerprint density at radius 1 is 0.950 bits per heavy atom. The molecule has 0 aliphatic rings. The Kier molecular flexibility index (Phi) is 4.74. The summed E-state index contributed by atoms with van der Waals surface area (Å²) in [5.74, 6) is 0. The second kappa shape index (κ2) is 6.53. The van der Waals surface area contributed by atoms with Gasteiger partial charge in [0.15, 0.2) is 5.43 Å². The van der Waals surface area contributed by atoms with Crippen LogP contribution in [0.4, 0.5) is 0 Å². The number of pyridine rings is 1. The number of benzene rings is 2. The maximum Gasteiger partial charge on any atom is 0.190 e. The third-order valence-corrected chi connectivity index (χ3v) is 3.37. The van der Waals surface area contributed by atoms with E-state index in [-0.39, 0.29) is 5.43 Å². The van der Waals surface area contributed by atoms with Crippen molar-refractivity contribution in [2.75, 3.05) is 0 Å². The summed E-state index contributed by atoms with van der Waals surface area (Å²) < 4.78 is 0.910. The summed E-state index contributed by atoms with van der Waals surface area (Å²) in [6, 6.07) is 17.2. The maximum atomic E-state index is 12.1. The molecule has 0 radical (unpaired) electrons. The highest BCUT2D eigenvalue weighted by atomic mass is 79.9. The fraction of sp³-hybridized carbons (Fsp3) is 0.118. The van der Waals surface area contributed by atoms with E-state index in [4.69, 9.17) is 0 Å². The molecule has 3 rings (SSSR count). The van der Waals surface area contributed by atoms with Crippen molar-refractivity contribution in [3.63, 3.8) is 0 Å². The van der Waals surface area contributed by atoms with Crippen LogP contribution in [0.5, 0.6) is 0 Å². The predicted molar refractivity (Wildman–Crippen MR) is 89.1 cm³/mol. The van der Waals surface area contributed by atoms with Crippen LogP contribution in [0.2, 0.25) is 0 Å². The van der Waals surface area contributed by atoms with Crippen molar-refractivity contribution in [3.05, 3.63) is 69.3 Å². The number of aromatic amines is 1. The number of halogens is 1. The number of hydrogen-bond donors (Lipinski definition) is 1. The van der Waals surface area contributed by atoms with E-state index in [1.165, 1.54) is 0 Å². The molecular weight excluding hydrogens is 314 g/mol. The van der Waals surface area contributed by atoms with Crippen LogP contribution in [-0.2, 0) is 0 Å². The number of H-pyrrole nitrogens is 1. The zero-order valence-electron chi connectivity index (χ0n) is 11.5. The quantitative estimate of drug-likeness (QED) is 0.670. The second-order valence-corrected chi connectivity index (χ2v) is 5.02. The van der Waals surface area contributed by atoms with Crippen LogP contribution in [0.15, 0.2) is 63.9 Å². The van der Waals surface area contributed by atoms with Gasteiger partial charge in [-0.2, -0.15) is 0 Å². The van der Waals surface area contributed by atoms with Crippen molar-refractivity contribution < 1.29 is 0 Å². The summed E-state index contributed by atoms with van der Waals surface area (Å²) in [6.45, 7) is 4.00. The van der Waals surface area contributed by atoms with Gasteiger partial charge in [0.05, 0.1) is 0 Å². The van der Waals surface area contributed by atoms with E-state index in [1.54, 1.807) is 6.07 Å². The molecular formula is C17H16BrNO. The van der Waals surface area contributed by atoms with Gasteiger partial charge in [-0.1, -0.05) is 60.1 Å². The molecule has 1 N–H and O–H groups in total. The van der Waals surface area contributed by atoms with Gasteiger partial charge in [-0.3, -0.25) is 4.79 Å². The van der Waals surface area contributed by atoms with Crippen molar-refractivity contribution >= 4 is 26.8 Å². The molecule has 0 unspecified atom stereocenters. The van der Waals surface area contributed by atoms with E-state index in [0.717, 1.165) is 21.2 Å². The lowest BCUT2D eigenvalue weighted by molar-refractivity contribution is 1.38. The highest BCUT2D eigenvalue weighted by Gasteiger charge is 2.04. The van der Waals surface area contributed by atoms with E-state index >= 15 is 0 Å². The van der Waals surface area contributed by atoms with Crippen LogP contribution in [-0.4, -0.2) is 4.98 Å². The molecule has 0 atom stereocenters. The minimum absolute atomic E-state index is 0.0314. The Balaban J connectivity index is 0.000000704. The van der Waals surface area contributed by atoms with E-state index in [9.17, 15) is 4.79 Å². The Hall–Kier alpha value is -1.87. The topological polar surface area (TPSA) is 32.9 Å². The van der Waals surface area contributed by atoms with Crippen LogP contribution in [0.1, 0.15) is 13.8 Å². The van der Waals surface area contributed by atoms with Gasteiger partial charge in [0.1, 0.15) is 0 Å². The first-order valence-electron chi connectivity index (χ1n) is 6.62. The molecule has 0 fully saturated rings. The lowest BCUT2D eigenvalue weighted by atomic mass is 10.1. The molecule has 0 amide bonds. The molecule has 0 bridgehead atoms. The molecule has 0 aliphatic carbocycles. The summed E-state index contributed by atoms with van der Waals surface area (Å²) in [7, 11) is 0. The predicted octanol–water partition coefficient (Wildman–Crippen LogP) is 4.98. The van der Waals surface area contributed by atoms with Crippen molar-refractivity contribution in [1.82, 2.24) is 4.98 Å². The summed E-state index contributed by atoms with van der Waals surface area (Å²) in [6.07, 6.45) is 0. The summed E-state index contributed by atoms with van der Waals surface area (Å²) >= 11 is 3.38. The average molecular weight is 330 g/mol. The molecule has 2 nitrogen and oxygen atoms in total. The highest BCUT2D eigenvalue weighted by molar-refractivity contribution is 9.10. The van der Waals surface area contributed by atoms with Gasteiger partial charge >= 0.3 is 0 Å². The lowest BCUT2D eigenvalue weighted by Gasteiger charge is -2.04. The van der Waals surface area contributed by atoms with Crippen LogP contribution in [0.25, 0.3) is 22.2 Å². The van der Waals surface area contributed by atoms with Gasteiger partial charge in [-0.25, -0.2) is 0 Å². The summed E-state index contributed by atoms with van der Waals surface area (Å²) in [5.41, 5.74) is 2.74. The zero-order valence-corrected chi connectivity index (χ0v) is 13.1. The third kappa shape index (κ3) is 2.99. The fourth-order valence-corrected chi connectivity index (χ4v) is 2.35. The van der Waals surface area contributed by atoms with Gasteiger partial charge in [-0.15, -0.1) is 0 Å². The van der Waals surface area contributed by atoms with Crippen molar-refractivity contribution in [1.29, 1.82) is 0 Å². The molecule has 2 aromatic carbocycles. The van der Waals surface area contributed by atoms with Crippen LogP contribution < -0.4 is 5.43 Å². The van der Waals surface area contributed by atoms with E-state index in [2.05, 4.69) is 20.9 Å². The Morgan fingerprint density at radius 3 is 2.35 bits per heavy atom. The first-order valence-corrected chi connectivity index (χ1v) is 7.41. The number of hydrogen-bond acceptors (Lipinski definition) is 1. The molecule has 1 heterocycles. The van der Waals surface area contributed by atoms with Crippen LogP contribution >= 0.6 is 15.9 Å². The molecule has 3 heteroatoms. The molecule has 0 aliphatic heterocycles. The summed E-state index contributed by atoms with van der Waals surface area (Å²) in [5, 5.41) is 0.698. The monoisotopic (exact) mass is 329 g/mol. The minimum Gasteiger partial charge on any atom is -0.354 e. The van der Waals surface area contributed by atoms with E-state index in [1.807, 2.05) is 62.4 Å². The SMILES string of the molecule is CC.O=c1cc(-c2ccccc2)[nH]c2ccc(Br)cc12. The van der Waals surface area contributed by atoms with Gasteiger partial charge < -0.3 is 4.98 Å². The molecule has 0 saturated carbocycles. The molecule has 3 aromatic rings. The van der Waals surface area contributed by atoms with Crippen molar-refractivity contribution in [2.45, 2.75) is 13.8 Å². The second-order valence-electron chi connectivity index (χ2n) is 4.10. The van der Waals surface area contributed by atoms with Crippen molar-refractivity contribution in [2.24, 2.45) is 0 Å². The molecule has 20 heavy (non-hydrogen) atoms. The summed E-state index contributed by atoms with van der Waals surface area (Å²) in [4.78, 5) is 15.4. The van der Waals surface area contributed by atoms with E-state index < -0.39 is 0 Å². The molecule has 1 aromatic heterocycles. The molecule has 0 spiro atoms. The van der Waals surface area contributed by atoms with Gasteiger partial charge in [0.2, 0.25) is 0 Å². The number of rotatable bonds is 1. The standard InChI is InChI=1S/C15H10BrNO.C2H6/c16-11-6-7-13-12(8-11)15(18)9-14(17-13)10-4-2-1-3-5-10;1-2/h1-9H,(H,17,18);1-2H3. The Bertz CT molecular complexity index is 763. The molecule has 0 saturated heterocycles. The lowest BCUT2D eigenvalue weighted by Crippen LogP contribution is -2.02. The number of fused-ring (bicyclic) bond motifs is 1. The Labute approximate surface area is 126 Å². The fourth-order valence-electron chi connectivity index (χ4n) is 1.99. The number of aromatic nitrogens is 1. The van der Waals surface area contributed by atoms with E-state index in [0.29, 0.717) is 5.39 Å². The van der Waals surface area contributed by atoms with Crippen LogP contribution in [0.3, 0.4) is 0 Å². The third-order valence-electron chi connectivity index (χ3n) is 2.88. The largest absolute Gasteiger partial charge is 0.354 e. The first-order chi connectivity index (χ1) is 9.74. The normalized spacial score (nSPS) is 9.95.